The number of carbonyl (C=O) groups is 1. The summed E-state index contributed by atoms with van der Waals surface area (Å²) >= 11 is 1.27. The highest BCUT2D eigenvalue weighted by atomic mass is 32.2. The fourth-order valence-corrected chi connectivity index (χ4v) is 3.59. The number of aromatic nitrogens is 3. The van der Waals surface area contributed by atoms with Gasteiger partial charge >= 0.3 is 6.18 Å². The second-order valence-electron chi connectivity index (χ2n) is 6.68. The number of amides is 1. The van der Waals surface area contributed by atoms with Crippen molar-refractivity contribution in [3.63, 3.8) is 0 Å². The minimum absolute atomic E-state index is 0.156. The predicted octanol–water partition coefficient (Wildman–Crippen LogP) is 5.11. The number of thioether (sulfide) groups is 1. The zero-order chi connectivity index (χ0) is 22.2. The van der Waals surface area contributed by atoms with Crippen molar-refractivity contribution in [2.45, 2.75) is 30.9 Å². The van der Waals surface area contributed by atoms with E-state index < -0.39 is 18.0 Å². The van der Waals surface area contributed by atoms with Crippen LogP contribution in [-0.4, -0.2) is 27.3 Å². The number of rotatable bonds is 3. The molecule has 1 aliphatic heterocycles. The molecule has 31 heavy (non-hydrogen) atoms. The molecule has 0 radical (unpaired) electrons. The van der Waals surface area contributed by atoms with Crippen LogP contribution in [-0.2, 0) is 11.0 Å². The highest BCUT2D eigenvalue weighted by Gasteiger charge is 2.36. The molecule has 1 amide bonds. The molecule has 1 aliphatic rings. The smallest absolute Gasteiger partial charge is 0.416 e. The number of anilines is 1. The molecule has 10 heteroatoms. The Balaban J connectivity index is 1.91. The molecule has 0 N–H and O–H groups in total. The number of fused-ring (bicyclic) bond motifs is 3. The monoisotopic (exact) mass is 446 g/mol. The molecule has 0 fully saturated rings. The van der Waals surface area contributed by atoms with Gasteiger partial charge in [-0.05, 0) is 24.5 Å². The van der Waals surface area contributed by atoms with Crippen molar-refractivity contribution < 1.29 is 22.7 Å². The van der Waals surface area contributed by atoms with Gasteiger partial charge in [-0.15, -0.1) is 10.2 Å². The maximum absolute atomic E-state index is 13.0. The average molecular weight is 446 g/mol. The molecule has 0 bridgehead atoms. The van der Waals surface area contributed by atoms with Gasteiger partial charge in [-0.25, -0.2) is 0 Å². The Labute approximate surface area is 180 Å². The van der Waals surface area contributed by atoms with Crippen LogP contribution in [0.15, 0.2) is 53.7 Å². The Bertz CT molecular complexity index is 1120. The topological polar surface area (TPSA) is 68.2 Å². The minimum Gasteiger partial charge on any atom is -0.447 e. The quantitative estimate of drug-likeness (QED) is 0.521. The molecule has 160 valence electrons. The first kappa shape index (κ1) is 21.1. The van der Waals surface area contributed by atoms with Crippen LogP contribution in [0.5, 0.6) is 5.88 Å². The lowest BCUT2D eigenvalue weighted by molar-refractivity contribution is -0.137. The summed E-state index contributed by atoms with van der Waals surface area (Å²) in [6.45, 7) is 1.71. The van der Waals surface area contributed by atoms with E-state index in [1.807, 2.05) is 0 Å². The number of nitrogens with zero attached hydrogens (tertiary/aromatic N) is 4. The van der Waals surface area contributed by atoms with E-state index in [1.54, 1.807) is 37.4 Å². The van der Waals surface area contributed by atoms with Gasteiger partial charge in [0.2, 0.25) is 23.2 Å². The van der Waals surface area contributed by atoms with Crippen LogP contribution in [0, 0.1) is 0 Å². The first-order valence-electron chi connectivity index (χ1n) is 9.37. The summed E-state index contributed by atoms with van der Waals surface area (Å²) in [6.07, 6.45) is -3.54. The molecule has 0 aliphatic carbocycles. The maximum Gasteiger partial charge on any atom is 0.416 e. The molecule has 2 heterocycles. The zero-order valence-corrected chi connectivity index (χ0v) is 17.4. The van der Waals surface area contributed by atoms with Crippen molar-refractivity contribution >= 4 is 23.4 Å². The number of hydrogen-bond acceptors (Lipinski definition) is 6. The molecule has 4 rings (SSSR count). The number of alkyl halides is 3. The Hall–Kier alpha value is -3.14. The molecular weight excluding hydrogens is 429 g/mol. The number of benzene rings is 2. The summed E-state index contributed by atoms with van der Waals surface area (Å²) in [6, 6.07) is 11.6. The van der Waals surface area contributed by atoms with Crippen LogP contribution in [0.4, 0.5) is 18.9 Å². The van der Waals surface area contributed by atoms with E-state index in [1.165, 1.54) is 28.8 Å². The molecule has 1 atom stereocenters. The van der Waals surface area contributed by atoms with Crippen molar-refractivity contribution in [3.05, 3.63) is 59.7 Å². The normalized spacial score (nSPS) is 15.5. The average Bonchev–Trinajstić information content (AvgIpc) is 2.92. The number of para-hydroxylation sites is 1. The molecule has 0 unspecified atom stereocenters. The van der Waals surface area contributed by atoms with Crippen molar-refractivity contribution in [2.24, 2.45) is 0 Å². The highest BCUT2D eigenvalue weighted by molar-refractivity contribution is 7.98. The van der Waals surface area contributed by atoms with Gasteiger partial charge in [0.1, 0.15) is 0 Å². The van der Waals surface area contributed by atoms with Gasteiger partial charge in [0.05, 0.1) is 11.3 Å². The van der Waals surface area contributed by atoms with E-state index in [9.17, 15) is 18.0 Å². The van der Waals surface area contributed by atoms with Crippen LogP contribution in [0.1, 0.15) is 30.7 Å². The third-order valence-electron chi connectivity index (χ3n) is 4.79. The third kappa shape index (κ3) is 3.95. The first-order valence-corrected chi connectivity index (χ1v) is 10.6. The van der Waals surface area contributed by atoms with E-state index in [0.717, 1.165) is 12.1 Å². The Morgan fingerprint density at radius 2 is 1.84 bits per heavy atom. The zero-order valence-electron chi connectivity index (χ0n) is 16.6. The number of carbonyl (C=O) groups excluding carboxylic acids is 1. The van der Waals surface area contributed by atoms with Gasteiger partial charge in [-0.2, -0.15) is 18.2 Å². The van der Waals surface area contributed by atoms with Gasteiger partial charge in [0.15, 0.2) is 5.69 Å². The molecule has 1 aromatic heterocycles. The summed E-state index contributed by atoms with van der Waals surface area (Å²) < 4.78 is 45.2. The molecule has 6 nitrogen and oxygen atoms in total. The van der Waals surface area contributed by atoms with Crippen molar-refractivity contribution in [3.8, 4) is 17.1 Å². The van der Waals surface area contributed by atoms with E-state index >= 15 is 0 Å². The molecule has 2 aromatic carbocycles. The first-order chi connectivity index (χ1) is 14.8. The highest BCUT2D eigenvalue weighted by Crippen LogP contribution is 2.43. The van der Waals surface area contributed by atoms with Crippen LogP contribution in [0.25, 0.3) is 11.3 Å². The summed E-state index contributed by atoms with van der Waals surface area (Å²) in [5.41, 5.74) is 1.07. The van der Waals surface area contributed by atoms with E-state index in [2.05, 4.69) is 15.2 Å². The fourth-order valence-electron chi connectivity index (χ4n) is 3.29. The van der Waals surface area contributed by atoms with Gasteiger partial charge in [-0.1, -0.05) is 49.0 Å². The molecule has 0 spiro atoms. The number of halogens is 3. The van der Waals surface area contributed by atoms with Crippen molar-refractivity contribution in [2.75, 3.05) is 11.2 Å². The lowest BCUT2D eigenvalue weighted by Crippen LogP contribution is -2.37. The second kappa shape index (κ2) is 8.18. The fraction of sp³-hybridized carbons (Fsp3) is 0.238. The lowest BCUT2D eigenvalue weighted by atomic mass is 10.1. The van der Waals surface area contributed by atoms with Gasteiger partial charge in [-0.3, -0.25) is 9.69 Å². The van der Waals surface area contributed by atoms with E-state index in [4.69, 9.17) is 4.74 Å². The van der Waals surface area contributed by atoms with Gasteiger partial charge in [0.25, 0.3) is 0 Å². The number of hydrogen-bond donors (Lipinski definition) is 0. The summed E-state index contributed by atoms with van der Waals surface area (Å²) in [5, 5.41) is 8.68. The summed E-state index contributed by atoms with van der Waals surface area (Å²) in [5.74, 6) is -0.105. The minimum atomic E-state index is -4.47. The Morgan fingerprint density at radius 1 is 1.13 bits per heavy atom. The van der Waals surface area contributed by atoms with Crippen molar-refractivity contribution in [1.82, 2.24) is 15.2 Å². The van der Waals surface area contributed by atoms with Gasteiger partial charge in [0, 0.05) is 17.5 Å². The van der Waals surface area contributed by atoms with E-state index in [-0.39, 0.29) is 18.2 Å². The maximum atomic E-state index is 13.0. The van der Waals surface area contributed by atoms with E-state index in [0.29, 0.717) is 27.7 Å². The molecule has 0 saturated carbocycles. The third-order valence-corrected chi connectivity index (χ3v) is 5.33. The molecular formula is C21H17F3N4O2S. The van der Waals surface area contributed by atoms with Gasteiger partial charge < -0.3 is 4.74 Å². The van der Waals surface area contributed by atoms with Crippen LogP contribution in [0.3, 0.4) is 0 Å². The number of ether oxygens (including phenoxy) is 1. The van der Waals surface area contributed by atoms with Crippen LogP contribution >= 0.6 is 11.8 Å². The second-order valence-corrected chi connectivity index (χ2v) is 7.45. The van der Waals surface area contributed by atoms with Crippen molar-refractivity contribution in [1.29, 1.82) is 0 Å². The largest absolute Gasteiger partial charge is 0.447 e. The SMILES string of the molecule is CCC(=O)N1c2ccccc2-c2nnc(SC)nc2O[C@@H]1c1ccc(C(F)(F)F)cc1. The molecule has 3 aromatic rings. The molecule has 0 saturated heterocycles. The summed E-state index contributed by atoms with van der Waals surface area (Å²) in [4.78, 5) is 18.8. The predicted molar refractivity (Wildman–Crippen MR) is 110 cm³/mol. The van der Waals surface area contributed by atoms with Crippen LogP contribution < -0.4 is 9.64 Å². The van der Waals surface area contributed by atoms with Crippen LogP contribution in [0.2, 0.25) is 0 Å². The Morgan fingerprint density at radius 3 is 2.48 bits per heavy atom. The Kier molecular flexibility index (Phi) is 5.57. The standard InChI is InChI=1S/C21H17F3N4O2S/c1-3-16(29)28-15-7-5-4-6-14(15)17-18(25-20(31-2)27-26-17)30-19(28)12-8-10-13(11-9-12)21(22,23)24/h4-11,19H,3H2,1-2H3/t19-/m1/s1. The lowest BCUT2D eigenvalue weighted by Gasteiger charge is -2.30. The summed E-state index contributed by atoms with van der Waals surface area (Å²) in [7, 11) is 0.